The second kappa shape index (κ2) is 5.86. The highest BCUT2D eigenvalue weighted by Gasteiger charge is 2.11. The Labute approximate surface area is 120 Å². The van der Waals surface area contributed by atoms with E-state index in [1.165, 1.54) is 5.56 Å². The van der Waals surface area contributed by atoms with Gasteiger partial charge >= 0.3 is 0 Å². The van der Waals surface area contributed by atoms with E-state index >= 15 is 0 Å². The van der Waals surface area contributed by atoms with E-state index < -0.39 is 0 Å². The Morgan fingerprint density at radius 1 is 1.10 bits per heavy atom. The van der Waals surface area contributed by atoms with Crippen LogP contribution >= 0.6 is 0 Å². The predicted molar refractivity (Wildman–Crippen MR) is 83.2 cm³/mol. The molecule has 0 aliphatic heterocycles. The first-order valence-corrected chi connectivity index (χ1v) is 6.76. The minimum absolute atomic E-state index is 0.613. The van der Waals surface area contributed by atoms with Gasteiger partial charge in [-0.3, -0.25) is 0 Å². The van der Waals surface area contributed by atoms with Crippen LogP contribution in [0.4, 0.5) is 11.9 Å². The molecule has 0 saturated carbocycles. The summed E-state index contributed by atoms with van der Waals surface area (Å²) in [7, 11) is 3.86. The molecule has 0 fully saturated rings. The number of benzene rings is 1. The van der Waals surface area contributed by atoms with Gasteiger partial charge in [-0.1, -0.05) is 17.7 Å². The summed E-state index contributed by atoms with van der Waals surface area (Å²) < 4.78 is 0. The summed E-state index contributed by atoms with van der Waals surface area (Å²) in [5.41, 5.74) is 3.41. The van der Waals surface area contributed by atoms with Crippen molar-refractivity contribution in [3.8, 4) is 11.4 Å². The highest BCUT2D eigenvalue weighted by Crippen LogP contribution is 2.23. The molecule has 106 valence electrons. The zero-order valence-corrected chi connectivity index (χ0v) is 12.7. The van der Waals surface area contributed by atoms with Gasteiger partial charge in [0.2, 0.25) is 11.9 Å². The molecule has 1 aromatic heterocycles. The van der Waals surface area contributed by atoms with Gasteiger partial charge in [-0.05, 0) is 32.4 Å². The minimum atomic E-state index is 0.613. The number of aryl methyl sites for hydroxylation is 2. The van der Waals surface area contributed by atoms with Crippen molar-refractivity contribution in [2.24, 2.45) is 0 Å². The molecular formula is C15H21N5. The third kappa shape index (κ3) is 3.04. The summed E-state index contributed by atoms with van der Waals surface area (Å²) in [6.07, 6.45) is 0. The van der Waals surface area contributed by atoms with Crippen LogP contribution in [0.5, 0.6) is 0 Å². The molecule has 2 rings (SSSR count). The summed E-state index contributed by atoms with van der Waals surface area (Å²) in [5, 5.41) is 3.16. The van der Waals surface area contributed by atoms with Gasteiger partial charge in [0, 0.05) is 26.2 Å². The molecule has 5 heteroatoms. The van der Waals surface area contributed by atoms with E-state index in [4.69, 9.17) is 0 Å². The zero-order valence-electron chi connectivity index (χ0n) is 12.7. The molecule has 0 atom stereocenters. The highest BCUT2D eigenvalue weighted by atomic mass is 15.3. The fraction of sp³-hybridized carbons (Fsp3) is 0.400. The molecule has 0 spiro atoms. The summed E-state index contributed by atoms with van der Waals surface area (Å²) in [6.45, 7) is 6.95. The first-order valence-electron chi connectivity index (χ1n) is 6.76. The number of nitrogens with one attached hydrogen (secondary N) is 1. The maximum absolute atomic E-state index is 4.55. The SMILES string of the molecule is CCNc1nc(-c2cc(C)ccc2C)nc(N(C)C)n1. The molecule has 0 aliphatic rings. The van der Waals surface area contributed by atoms with E-state index in [1.54, 1.807) is 0 Å². The molecule has 0 aliphatic carbocycles. The number of hydrogen-bond donors (Lipinski definition) is 1. The largest absolute Gasteiger partial charge is 0.354 e. The Morgan fingerprint density at radius 3 is 2.50 bits per heavy atom. The van der Waals surface area contributed by atoms with E-state index in [9.17, 15) is 0 Å². The van der Waals surface area contributed by atoms with Crippen LogP contribution in [0.15, 0.2) is 18.2 Å². The molecule has 1 heterocycles. The number of anilines is 2. The average Bonchev–Trinajstić information content (AvgIpc) is 2.41. The zero-order chi connectivity index (χ0) is 14.7. The lowest BCUT2D eigenvalue weighted by Crippen LogP contribution is -2.16. The Kier molecular flexibility index (Phi) is 4.17. The monoisotopic (exact) mass is 271 g/mol. The van der Waals surface area contributed by atoms with Crippen LogP contribution in [-0.4, -0.2) is 35.6 Å². The van der Waals surface area contributed by atoms with Crippen molar-refractivity contribution in [3.63, 3.8) is 0 Å². The van der Waals surface area contributed by atoms with Gasteiger partial charge in [0.25, 0.3) is 0 Å². The van der Waals surface area contributed by atoms with Crippen molar-refractivity contribution >= 4 is 11.9 Å². The fourth-order valence-corrected chi connectivity index (χ4v) is 1.90. The Hall–Kier alpha value is -2.17. The minimum Gasteiger partial charge on any atom is -0.354 e. The normalized spacial score (nSPS) is 10.4. The van der Waals surface area contributed by atoms with Gasteiger partial charge in [-0.15, -0.1) is 0 Å². The van der Waals surface area contributed by atoms with E-state index in [0.29, 0.717) is 17.7 Å². The van der Waals surface area contributed by atoms with Crippen molar-refractivity contribution in [2.75, 3.05) is 30.9 Å². The van der Waals surface area contributed by atoms with Crippen molar-refractivity contribution in [3.05, 3.63) is 29.3 Å². The average molecular weight is 271 g/mol. The molecule has 0 radical (unpaired) electrons. The van der Waals surface area contributed by atoms with Crippen molar-refractivity contribution < 1.29 is 0 Å². The summed E-state index contributed by atoms with van der Waals surface area (Å²) in [6, 6.07) is 6.30. The highest BCUT2D eigenvalue weighted by molar-refractivity contribution is 5.63. The Bertz CT molecular complexity index is 607. The van der Waals surface area contributed by atoms with Gasteiger partial charge in [0.1, 0.15) is 0 Å². The maximum atomic E-state index is 4.55. The number of nitrogens with zero attached hydrogens (tertiary/aromatic N) is 4. The molecular weight excluding hydrogens is 250 g/mol. The summed E-state index contributed by atoms with van der Waals surface area (Å²) in [5.74, 6) is 1.98. The number of aromatic nitrogens is 3. The molecule has 0 unspecified atom stereocenters. The van der Waals surface area contributed by atoms with Crippen molar-refractivity contribution in [1.29, 1.82) is 0 Å². The topological polar surface area (TPSA) is 53.9 Å². The lowest BCUT2D eigenvalue weighted by molar-refractivity contribution is 0.952. The fourth-order valence-electron chi connectivity index (χ4n) is 1.90. The van der Waals surface area contributed by atoms with E-state index in [2.05, 4.69) is 52.3 Å². The molecule has 20 heavy (non-hydrogen) atoms. The van der Waals surface area contributed by atoms with E-state index in [1.807, 2.05) is 25.9 Å². The van der Waals surface area contributed by atoms with E-state index in [-0.39, 0.29) is 0 Å². The Balaban J connectivity index is 2.57. The molecule has 1 N–H and O–H groups in total. The lowest BCUT2D eigenvalue weighted by Gasteiger charge is -2.14. The molecule has 1 aromatic carbocycles. The summed E-state index contributed by atoms with van der Waals surface area (Å²) >= 11 is 0. The smallest absolute Gasteiger partial charge is 0.230 e. The second-order valence-corrected chi connectivity index (χ2v) is 5.03. The third-order valence-corrected chi connectivity index (χ3v) is 2.99. The second-order valence-electron chi connectivity index (χ2n) is 5.03. The van der Waals surface area contributed by atoms with Crippen LogP contribution < -0.4 is 10.2 Å². The molecule has 0 bridgehead atoms. The van der Waals surface area contributed by atoms with Crippen LogP contribution in [0.1, 0.15) is 18.1 Å². The van der Waals surface area contributed by atoms with Crippen molar-refractivity contribution in [2.45, 2.75) is 20.8 Å². The van der Waals surface area contributed by atoms with Crippen LogP contribution in [0, 0.1) is 13.8 Å². The maximum Gasteiger partial charge on any atom is 0.230 e. The standard InChI is InChI=1S/C15H21N5/c1-6-16-14-17-13(18-15(19-14)20(4)5)12-9-10(2)7-8-11(12)3/h7-9H,6H2,1-5H3,(H,16,17,18,19). The van der Waals surface area contributed by atoms with Crippen LogP contribution in [0.25, 0.3) is 11.4 Å². The summed E-state index contributed by atoms with van der Waals surface area (Å²) in [4.78, 5) is 15.3. The third-order valence-electron chi connectivity index (χ3n) is 2.99. The van der Waals surface area contributed by atoms with Crippen LogP contribution in [0.3, 0.4) is 0 Å². The van der Waals surface area contributed by atoms with Gasteiger partial charge in [0.05, 0.1) is 0 Å². The van der Waals surface area contributed by atoms with Gasteiger partial charge < -0.3 is 10.2 Å². The lowest BCUT2D eigenvalue weighted by atomic mass is 10.1. The predicted octanol–water partition coefficient (Wildman–Crippen LogP) is 2.65. The molecule has 0 amide bonds. The van der Waals surface area contributed by atoms with Crippen LogP contribution in [-0.2, 0) is 0 Å². The first-order chi connectivity index (χ1) is 9.51. The van der Waals surface area contributed by atoms with Gasteiger partial charge in [-0.25, -0.2) is 0 Å². The molecule has 2 aromatic rings. The van der Waals surface area contributed by atoms with Crippen LogP contribution in [0.2, 0.25) is 0 Å². The van der Waals surface area contributed by atoms with E-state index in [0.717, 1.165) is 17.7 Å². The number of rotatable bonds is 4. The quantitative estimate of drug-likeness (QED) is 0.926. The molecule has 5 nitrogen and oxygen atoms in total. The first kappa shape index (κ1) is 14.2. The molecule has 0 saturated heterocycles. The van der Waals surface area contributed by atoms with Crippen molar-refractivity contribution in [1.82, 2.24) is 15.0 Å². The van der Waals surface area contributed by atoms with Gasteiger partial charge in [0.15, 0.2) is 5.82 Å². The number of hydrogen-bond acceptors (Lipinski definition) is 5. The Morgan fingerprint density at radius 2 is 1.85 bits per heavy atom. The van der Waals surface area contributed by atoms with Gasteiger partial charge in [-0.2, -0.15) is 15.0 Å².